The van der Waals surface area contributed by atoms with E-state index in [1.54, 1.807) is 12.1 Å². The molecule has 1 saturated carbocycles. The van der Waals surface area contributed by atoms with Crippen LogP contribution in [0.5, 0.6) is 0 Å². The molecule has 1 aliphatic rings. The molecule has 0 N–H and O–H groups in total. The summed E-state index contributed by atoms with van der Waals surface area (Å²) in [5, 5.41) is 0. The predicted octanol–water partition coefficient (Wildman–Crippen LogP) is 3.04. The number of rotatable bonds is 4. The molecule has 0 saturated heterocycles. The fourth-order valence-corrected chi connectivity index (χ4v) is 2.78. The Morgan fingerprint density at radius 2 is 1.39 bits per heavy atom. The largest absolute Gasteiger partial charge is 0.293 e. The highest BCUT2D eigenvalue weighted by molar-refractivity contribution is 6.60. The average Bonchev–Trinajstić information content (AvgIpc) is 2.79. The fraction of sp³-hybridized carbons (Fsp3) is 0.150. The van der Waals surface area contributed by atoms with Gasteiger partial charge < -0.3 is 0 Å². The number of aryl methyl sites for hydroxylation is 1. The number of Topliss-reactive ketones (excluding diaryl/α,β-unsaturated/α-hetero) is 3. The van der Waals surface area contributed by atoms with Crippen LogP contribution in [0.2, 0.25) is 0 Å². The van der Waals surface area contributed by atoms with Gasteiger partial charge in [-0.3, -0.25) is 14.4 Å². The molecule has 0 spiro atoms. The van der Waals surface area contributed by atoms with Crippen molar-refractivity contribution in [1.29, 1.82) is 0 Å². The van der Waals surface area contributed by atoms with Gasteiger partial charge in [0.05, 0.1) is 11.5 Å². The molecule has 3 heteroatoms. The number of hydrogen-bond acceptors (Lipinski definition) is 3. The Hall–Kier alpha value is -2.81. The predicted molar refractivity (Wildman–Crippen MR) is 87.7 cm³/mol. The van der Waals surface area contributed by atoms with Crippen molar-refractivity contribution in [3.05, 3.63) is 77.4 Å². The molecule has 1 fully saturated rings. The molecule has 0 bridgehead atoms. The lowest BCUT2D eigenvalue weighted by Crippen LogP contribution is -2.17. The highest BCUT2D eigenvalue weighted by Gasteiger charge is 2.43. The summed E-state index contributed by atoms with van der Waals surface area (Å²) in [5.74, 6) is -2.41. The molecule has 0 radical (unpaired) electrons. The van der Waals surface area contributed by atoms with E-state index in [1.807, 2.05) is 48.5 Å². The van der Waals surface area contributed by atoms with E-state index in [-0.39, 0.29) is 11.4 Å². The van der Waals surface area contributed by atoms with E-state index in [1.165, 1.54) is 6.08 Å². The minimum Gasteiger partial charge on any atom is -0.293 e. The normalized spacial score (nSPS) is 19.6. The van der Waals surface area contributed by atoms with Gasteiger partial charge in [0.15, 0.2) is 5.78 Å². The van der Waals surface area contributed by atoms with E-state index in [4.69, 9.17) is 0 Å². The van der Waals surface area contributed by atoms with Gasteiger partial charge in [-0.1, -0.05) is 60.7 Å². The number of allylic oxidation sites excluding steroid dienone is 1. The summed E-state index contributed by atoms with van der Waals surface area (Å²) >= 11 is 0. The maximum absolute atomic E-state index is 12.4. The highest BCUT2D eigenvalue weighted by Crippen LogP contribution is 2.26. The van der Waals surface area contributed by atoms with Gasteiger partial charge in [-0.2, -0.15) is 0 Å². The van der Waals surface area contributed by atoms with E-state index < -0.39 is 17.5 Å². The summed E-state index contributed by atoms with van der Waals surface area (Å²) < 4.78 is 0. The molecule has 2 aromatic rings. The second kappa shape index (κ2) is 6.53. The van der Waals surface area contributed by atoms with E-state index in [9.17, 15) is 14.4 Å². The topological polar surface area (TPSA) is 51.2 Å². The van der Waals surface area contributed by atoms with Crippen LogP contribution >= 0.6 is 0 Å². The monoisotopic (exact) mass is 304 g/mol. The van der Waals surface area contributed by atoms with Crippen LogP contribution in [0.3, 0.4) is 0 Å². The van der Waals surface area contributed by atoms with Crippen LogP contribution in [0.1, 0.15) is 17.5 Å². The van der Waals surface area contributed by atoms with E-state index >= 15 is 0 Å². The first-order chi connectivity index (χ1) is 11.2. The van der Waals surface area contributed by atoms with Crippen LogP contribution in [0, 0.1) is 5.92 Å². The van der Waals surface area contributed by atoms with Gasteiger partial charge in [0.1, 0.15) is 0 Å². The van der Waals surface area contributed by atoms with Crippen LogP contribution in [-0.4, -0.2) is 17.3 Å². The summed E-state index contributed by atoms with van der Waals surface area (Å²) in [4.78, 5) is 36.7. The maximum atomic E-state index is 12.4. The van der Waals surface area contributed by atoms with Gasteiger partial charge in [0, 0.05) is 0 Å². The molecule has 3 rings (SSSR count). The second-order valence-electron chi connectivity index (χ2n) is 5.60. The molecule has 0 amide bonds. The Labute approximate surface area is 134 Å². The van der Waals surface area contributed by atoms with E-state index in [0.29, 0.717) is 12.8 Å². The molecular formula is C20H16O3. The van der Waals surface area contributed by atoms with Gasteiger partial charge in [0.25, 0.3) is 0 Å². The van der Waals surface area contributed by atoms with Crippen molar-refractivity contribution in [2.24, 2.45) is 5.92 Å². The van der Waals surface area contributed by atoms with Gasteiger partial charge in [0.2, 0.25) is 11.6 Å². The standard InChI is InChI=1S/C20H16O3/c21-18-16(12-11-14-7-3-1-4-8-14)19(22)20(23)17(18)13-15-9-5-2-6-10-15/h1-10,13,16H,11-12H2. The lowest BCUT2D eigenvalue weighted by Gasteiger charge is -2.05. The molecule has 0 aromatic heterocycles. The van der Waals surface area contributed by atoms with Crippen LogP contribution in [0.15, 0.2) is 66.2 Å². The summed E-state index contributed by atoms with van der Waals surface area (Å²) in [6.45, 7) is 0. The Balaban J connectivity index is 1.78. The molecule has 23 heavy (non-hydrogen) atoms. The van der Waals surface area contributed by atoms with Crippen molar-refractivity contribution in [2.45, 2.75) is 12.8 Å². The Morgan fingerprint density at radius 3 is 2.04 bits per heavy atom. The minimum atomic E-state index is -0.835. The fourth-order valence-electron chi connectivity index (χ4n) is 2.78. The van der Waals surface area contributed by atoms with Gasteiger partial charge in [-0.05, 0) is 30.0 Å². The molecule has 3 nitrogen and oxygen atoms in total. The molecule has 1 aliphatic carbocycles. The van der Waals surface area contributed by atoms with E-state index in [0.717, 1.165) is 11.1 Å². The summed E-state index contributed by atoms with van der Waals surface area (Å²) in [7, 11) is 0. The van der Waals surface area contributed by atoms with Gasteiger partial charge in [-0.15, -0.1) is 0 Å². The third-order valence-electron chi connectivity index (χ3n) is 4.04. The number of carbonyl (C=O) groups excluding carboxylic acids is 3. The Kier molecular flexibility index (Phi) is 4.29. The average molecular weight is 304 g/mol. The SMILES string of the molecule is O=C1C(=O)C(CCc2ccccc2)C(=O)C1=Cc1ccccc1. The molecule has 0 aliphatic heterocycles. The highest BCUT2D eigenvalue weighted by atomic mass is 16.2. The Morgan fingerprint density at radius 1 is 0.783 bits per heavy atom. The summed E-state index contributed by atoms with van der Waals surface area (Å²) in [5.41, 5.74) is 1.82. The van der Waals surface area contributed by atoms with Crippen molar-refractivity contribution in [2.75, 3.05) is 0 Å². The maximum Gasteiger partial charge on any atom is 0.232 e. The van der Waals surface area contributed by atoms with Crippen LogP contribution in [0.4, 0.5) is 0 Å². The number of benzene rings is 2. The zero-order valence-corrected chi connectivity index (χ0v) is 12.6. The smallest absolute Gasteiger partial charge is 0.232 e. The zero-order valence-electron chi connectivity index (χ0n) is 12.6. The first kappa shape index (κ1) is 15.1. The third-order valence-corrected chi connectivity index (χ3v) is 4.04. The van der Waals surface area contributed by atoms with Crippen molar-refractivity contribution in [3.8, 4) is 0 Å². The first-order valence-corrected chi connectivity index (χ1v) is 7.60. The van der Waals surface area contributed by atoms with E-state index in [2.05, 4.69) is 0 Å². The number of hydrogen-bond donors (Lipinski definition) is 0. The first-order valence-electron chi connectivity index (χ1n) is 7.60. The van der Waals surface area contributed by atoms with Crippen LogP contribution < -0.4 is 0 Å². The summed E-state index contributed by atoms with van der Waals surface area (Å²) in [6, 6.07) is 18.8. The quantitative estimate of drug-likeness (QED) is 0.377. The molecular weight excluding hydrogens is 288 g/mol. The van der Waals surface area contributed by atoms with Crippen LogP contribution in [0.25, 0.3) is 6.08 Å². The molecule has 0 heterocycles. The molecule has 1 unspecified atom stereocenters. The van der Waals surface area contributed by atoms with Crippen molar-refractivity contribution in [1.82, 2.24) is 0 Å². The zero-order chi connectivity index (χ0) is 16.2. The molecule has 1 atom stereocenters. The van der Waals surface area contributed by atoms with Gasteiger partial charge >= 0.3 is 0 Å². The number of carbonyl (C=O) groups is 3. The molecule has 114 valence electrons. The van der Waals surface area contributed by atoms with Gasteiger partial charge in [-0.25, -0.2) is 0 Å². The number of ketones is 3. The third kappa shape index (κ3) is 3.19. The summed E-state index contributed by atoms with van der Waals surface area (Å²) in [6.07, 6.45) is 2.50. The Bertz CT molecular complexity index is 773. The van der Waals surface area contributed by atoms with Crippen molar-refractivity contribution >= 4 is 23.4 Å². The second-order valence-corrected chi connectivity index (χ2v) is 5.60. The lowest BCUT2D eigenvalue weighted by atomic mass is 9.96. The van der Waals surface area contributed by atoms with Crippen LogP contribution in [-0.2, 0) is 20.8 Å². The lowest BCUT2D eigenvalue weighted by molar-refractivity contribution is -0.135. The minimum absolute atomic E-state index is 0.0132. The van der Waals surface area contributed by atoms with Crippen molar-refractivity contribution in [3.63, 3.8) is 0 Å². The molecule has 2 aromatic carbocycles. The van der Waals surface area contributed by atoms with Crippen molar-refractivity contribution < 1.29 is 14.4 Å².